The Morgan fingerprint density at radius 3 is 3.18 bits per heavy atom. The van der Waals surface area contributed by atoms with E-state index in [1.165, 1.54) is 12.1 Å². The minimum absolute atomic E-state index is 0.160. The topological polar surface area (TPSA) is 67.0 Å². The Kier molecular flexibility index (Phi) is 4.48. The van der Waals surface area contributed by atoms with Crippen molar-refractivity contribution in [1.29, 1.82) is 0 Å². The summed E-state index contributed by atoms with van der Waals surface area (Å²) in [5, 5.41) is 9.73. The molecule has 1 atom stereocenters. The average Bonchev–Trinajstić information content (AvgIpc) is 3.18. The molecule has 2 aromatic rings. The number of hydrogen-bond acceptors (Lipinski definition) is 3. The third-order valence-electron chi connectivity index (χ3n) is 3.84. The highest BCUT2D eigenvalue weighted by molar-refractivity contribution is 5.95. The molecular formula is C16H18FN3O2. The third-order valence-corrected chi connectivity index (χ3v) is 3.84. The molecule has 0 bridgehead atoms. The molecule has 1 aliphatic heterocycles. The molecule has 3 rings (SSSR count). The molecule has 2 N–H and O–H groups in total. The Morgan fingerprint density at radius 2 is 2.41 bits per heavy atom. The minimum Gasteiger partial charge on any atom is -0.381 e. The quantitative estimate of drug-likeness (QED) is 0.888. The Bertz CT molecular complexity index is 650. The van der Waals surface area contributed by atoms with Gasteiger partial charge in [0.15, 0.2) is 0 Å². The van der Waals surface area contributed by atoms with Crippen LogP contribution in [0.2, 0.25) is 0 Å². The Labute approximate surface area is 127 Å². The van der Waals surface area contributed by atoms with Crippen molar-refractivity contribution in [2.24, 2.45) is 0 Å². The van der Waals surface area contributed by atoms with Crippen LogP contribution in [0.5, 0.6) is 0 Å². The highest BCUT2D eigenvalue weighted by atomic mass is 19.1. The molecule has 116 valence electrons. The van der Waals surface area contributed by atoms with E-state index in [-0.39, 0.29) is 17.6 Å². The van der Waals surface area contributed by atoms with Crippen LogP contribution in [0.15, 0.2) is 30.5 Å². The van der Waals surface area contributed by atoms with Crippen molar-refractivity contribution in [2.45, 2.75) is 18.8 Å². The number of aromatic amines is 1. The van der Waals surface area contributed by atoms with E-state index >= 15 is 0 Å². The lowest BCUT2D eigenvalue weighted by Gasteiger charge is -2.09. The highest BCUT2D eigenvalue weighted by Gasteiger charge is 2.24. The van der Waals surface area contributed by atoms with Gasteiger partial charge in [-0.1, -0.05) is 12.1 Å². The Hall–Kier alpha value is -2.21. The average molecular weight is 303 g/mol. The van der Waals surface area contributed by atoms with E-state index in [4.69, 9.17) is 4.74 Å². The van der Waals surface area contributed by atoms with Crippen LogP contribution in [0.3, 0.4) is 0 Å². The van der Waals surface area contributed by atoms with Crippen LogP contribution in [0, 0.1) is 5.82 Å². The molecule has 1 saturated heterocycles. The van der Waals surface area contributed by atoms with E-state index in [0.29, 0.717) is 31.7 Å². The van der Waals surface area contributed by atoms with Crippen molar-refractivity contribution >= 4 is 5.91 Å². The molecule has 1 aromatic carbocycles. The van der Waals surface area contributed by atoms with Gasteiger partial charge in [0.2, 0.25) is 0 Å². The number of rotatable bonds is 5. The van der Waals surface area contributed by atoms with E-state index in [1.807, 2.05) is 6.07 Å². The number of halogens is 1. The molecular weight excluding hydrogens is 285 g/mol. The molecule has 0 saturated carbocycles. The summed E-state index contributed by atoms with van der Waals surface area (Å²) in [5.74, 6) is -0.222. The fourth-order valence-corrected chi connectivity index (χ4v) is 2.66. The van der Waals surface area contributed by atoms with Crippen molar-refractivity contribution in [3.8, 4) is 0 Å². The molecule has 1 fully saturated rings. The number of hydrogen-bond donors (Lipinski definition) is 2. The number of carbonyl (C=O) groups is 1. The summed E-state index contributed by atoms with van der Waals surface area (Å²) in [4.78, 5) is 12.3. The van der Waals surface area contributed by atoms with E-state index in [0.717, 1.165) is 17.7 Å². The second kappa shape index (κ2) is 6.70. The number of nitrogens with one attached hydrogen (secondary N) is 2. The second-order valence-corrected chi connectivity index (χ2v) is 5.39. The fourth-order valence-electron chi connectivity index (χ4n) is 2.66. The molecule has 6 heteroatoms. The first-order valence-corrected chi connectivity index (χ1v) is 7.37. The van der Waals surface area contributed by atoms with Crippen LogP contribution < -0.4 is 5.32 Å². The first kappa shape index (κ1) is 14.7. The van der Waals surface area contributed by atoms with Gasteiger partial charge >= 0.3 is 0 Å². The van der Waals surface area contributed by atoms with Gasteiger partial charge in [-0.05, 0) is 30.5 Å². The lowest BCUT2D eigenvalue weighted by atomic mass is 10.0. The first-order chi connectivity index (χ1) is 10.7. The Balaban J connectivity index is 1.57. The van der Waals surface area contributed by atoms with Crippen LogP contribution in [0.1, 0.15) is 34.0 Å². The molecule has 2 heterocycles. The fraction of sp³-hybridized carbons (Fsp3) is 0.375. The number of amides is 1. The molecule has 5 nitrogen and oxygen atoms in total. The van der Waals surface area contributed by atoms with Gasteiger partial charge < -0.3 is 10.1 Å². The standard InChI is InChI=1S/C16H18FN3O2/c17-13-3-1-2-11(8-13)4-6-18-16(21)14-9-19-20-15(14)12-5-7-22-10-12/h1-3,8-9,12H,4-7,10H2,(H,18,21)(H,19,20). The molecule has 1 amide bonds. The number of benzene rings is 1. The van der Waals surface area contributed by atoms with Gasteiger partial charge in [0.05, 0.1) is 24.1 Å². The summed E-state index contributed by atoms with van der Waals surface area (Å²) in [5.41, 5.74) is 2.26. The number of nitrogens with zero attached hydrogens (tertiary/aromatic N) is 1. The molecule has 0 radical (unpaired) electrons. The van der Waals surface area contributed by atoms with Gasteiger partial charge in [-0.3, -0.25) is 9.89 Å². The summed E-state index contributed by atoms with van der Waals surface area (Å²) in [6.07, 6.45) is 3.03. The number of H-pyrrole nitrogens is 1. The SMILES string of the molecule is O=C(NCCc1cccc(F)c1)c1cn[nH]c1C1CCOC1. The lowest BCUT2D eigenvalue weighted by Crippen LogP contribution is -2.26. The van der Waals surface area contributed by atoms with Gasteiger partial charge in [0, 0.05) is 19.1 Å². The van der Waals surface area contributed by atoms with Gasteiger partial charge in [0.1, 0.15) is 5.82 Å². The summed E-state index contributed by atoms with van der Waals surface area (Å²) >= 11 is 0. The van der Waals surface area contributed by atoms with E-state index in [1.54, 1.807) is 12.3 Å². The molecule has 0 aliphatic carbocycles. The largest absolute Gasteiger partial charge is 0.381 e. The van der Waals surface area contributed by atoms with Crippen LogP contribution in [-0.2, 0) is 11.2 Å². The zero-order valence-electron chi connectivity index (χ0n) is 12.1. The highest BCUT2D eigenvalue weighted by Crippen LogP contribution is 2.25. The maximum Gasteiger partial charge on any atom is 0.254 e. The van der Waals surface area contributed by atoms with E-state index in [9.17, 15) is 9.18 Å². The smallest absolute Gasteiger partial charge is 0.254 e. The van der Waals surface area contributed by atoms with Gasteiger partial charge in [-0.25, -0.2) is 4.39 Å². The third kappa shape index (κ3) is 3.33. The second-order valence-electron chi connectivity index (χ2n) is 5.39. The number of ether oxygens (including phenoxy) is 1. The van der Waals surface area contributed by atoms with Gasteiger partial charge in [-0.15, -0.1) is 0 Å². The van der Waals surface area contributed by atoms with Gasteiger partial charge in [0.25, 0.3) is 5.91 Å². The normalized spacial score (nSPS) is 17.6. The molecule has 1 unspecified atom stereocenters. The van der Waals surface area contributed by atoms with Crippen molar-refractivity contribution in [1.82, 2.24) is 15.5 Å². The zero-order chi connectivity index (χ0) is 15.4. The molecule has 1 aliphatic rings. The van der Waals surface area contributed by atoms with Crippen LogP contribution >= 0.6 is 0 Å². The lowest BCUT2D eigenvalue weighted by molar-refractivity contribution is 0.0952. The van der Waals surface area contributed by atoms with Crippen LogP contribution in [-0.4, -0.2) is 35.9 Å². The van der Waals surface area contributed by atoms with Crippen molar-refractivity contribution in [3.63, 3.8) is 0 Å². The van der Waals surface area contributed by atoms with Crippen LogP contribution in [0.4, 0.5) is 4.39 Å². The molecule has 0 spiro atoms. The predicted molar refractivity (Wildman–Crippen MR) is 79.2 cm³/mol. The van der Waals surface area contributed by atoms with Crippen molar-refractivity contribution in [3.05, 3.63) is 53.1 Å². The summed E-state index contributed by atoms with van der Waals surface area (Å²) < 4.78 is 18.4. The summed E-state index contributed by atoms with van der Waals surface area (Å²) in [6.45, 7) is 1.78. The summed E-state index contributed by atoms with van der Waals surface area (Å²) in [6, 6.07) is 6.39. The first-order valence-electron chi connectivity index (χ1n) is 7.37. The van der Waals surface area contributed by atoms with E-state index < -0.39 is 0 Å². The van der Waals surface area contributed by atoms with Crippen molar-refractivity contribution < 1.29 is 13.9 Å². The van der Waals surface area contributed by atoms with E-state index in [2.05, 4.69) is 15.5 Å². The maximum atomic E-state index is 13.1. The molecule has 22 heavy (non-hydrogen) atoms. The number of carbonyl (C=O) groups excluding carboxylic acids is 1. The predicted octanol–water partition coefficient (Wildman–Crippen LogP) is 2.03. The summed E-state index contributed by atoms with van der Waals surface area (Å²) in [7, 11) is 0. The zero-order valence-corrected chi connectivity index (χ0v) is 12.1. The number of aromatic nitrogens is 2. The van der Waals surface area contributed by atoms with Crippen LogP contribution in [0.25, 0.3) is 0 Å². The molecule has 1 aromatic heterocycles. The monoisotopic (exact) mass is 303 g/mol. The van der Waals surface area contributed by atoms with Crippen molar-refractivity contribution in [2.75, 3.05) is 19.8 Å². The Morgan fingerprint density at radius 1 is 1.50 bits per heavy atom. The van der Waals surface area contributed by atoms with Gasteiger partial charge in [-0.2, -0.15) is 5.10 Å². The minimum atomic E-state index is -0.262. The maximum absolute atomic E-state index is 13.1.